The lowest BCUT2D eigenvalue weighted by atomic mass is 10.2. The van der Waals surface area contributed by atoms with Gasteiger partial charge in [0.05, 0.1) is 5.60 Å². The molecular formula is C8H18O3. The van der Waals surface area contributed by atoms with Gasteiger partial charge in [-0.2, -0.15) is 0 Å². The lowest BCUT2D eigenvalue weighted by Gasteiger charge is -2.10. The minimum atomic E-state index is -0.403. The lowest BCUT2D eigenvalue weighted by molar-refractivity contribution is -0.306. The first-order chi connectivity index (χ1) is 4.83. The normalized spacial score (nSPS) is 10.0. The molecule has 0 spiro atoms. The van der Waals surface area contributed by atoms with E-state index in [4.69, 9.17) is 5.26 Å². The van der Waals surface area contributed by atoms with Crippen molar-refractivity contribution in [3.05, 3.63) is 0 Å². The first-order valence-corrected chi connectivity index (χ1v) is 3.65. The quantitative estimate of drug-likeness (QED) is 0.475. The third-order valence-corrected chi connectivity index (χ3v) is 0.772. The van der Waals surface area contributed by atoms with Crippen LogP contribution in [0.15, 0.2) is 0 Å². The number of rotatable bonds is 1. The second-order valence-corrected chi connectivity index (χ2v) is 3.26. The summed E-state index contributed by atoms with van der Waals surface area (Å²) in [4.78, 5) is 13.8. The Balaban J connectivity index is 0. The molecule has 0 saturated heterocycles. The fourth-order valence-corrected chi connectivity index (χ4v) is 0. The molecule has 0 radical (unpaired) electrons. The number of Topliss-reactive ketones (excluding diaryl/α,β-unsaturated/α-hetero) is 1. The van der Waals surface area contributed by atoms with Gasteiger partial charge in [0.15, 0.2) is 0 Å². The van der Waals surface area contributed by atoms with Gasteiger partial charge in [-0.3, -0.25) is 5.26 Å². The van der Waals surface area contributed by atoms with Crippen molar-refractivity contribution < 1.29 is 14.9 Å². The van der Waals surface area contributed by atoms with E-state index < -0.39 is 5.60 Å². The average molecular weight is 162 g/mol. The van der Waals surface area contributed by atoms with Crippen LogP contribution in [-0.4, -0.2) is 16.6 Å². The Morgan fingerprint density at radius 3 is 1.64 bits per heavy atom. The molecule has 0 rings (SSSR count). The fraction of sp³-hybridized carbons (Fsp3) is 0.875. The van der Waals surface area contributed by atoms with Gasteiger partial charge in [0, 0.05) is 6.42 Å². The minimum absolute atomic E-state index is 0.255. The van der Waals surface area contributed by atoms with Gasteiger partial charge >= 0.3 is 0 Å². The molecule has 0 atom stereocenters. The molecule has 0 amide bonds. The van der Waals surface area contributed by atoms with E-state index in [0.29, 0.717) is 6.42 Å². The fourth-order valence-electron chi connectivity index (χ4n) is 0. The van der Waals surface area contributed by atoms with Crippen LogP contribution < -0.4 is 0 Å². The molecule has 3 nitrogen and oxygen atoms in total. The Kier molecular flexibility index (Phi) is 7.57. The molecule has 0 bridgehead atoms. The smallest absolute Gasteiger partial charge is 0.129 e. The topological polar surface area (TPSA) is 46.5 Å². The summed E-state index contributed by atoms with van der Waals surface area (Å²) in [6, 6.07) is 0. The molecular weight excluding hydrogens is 144 g/mol. The molecule has 0 fully saturated rings. The second kappa shape index (κ2) is 6.31. The maximum Gasteiger partial charge on any atom is 0.129 e. The van der Waals surface area contributed by atoms with E-state index in [1.807, 2.05) is 6.92 Å². The predicted octanol–water partition coefficient (Wildman–Crippen LogP) is 2.26. The van der Waals surface area contributed by atoms with Crippen molar-refractivity contribution in [1.82, 2.24) is 0 Å². The van der Waals surface area contributed by atoms with E-state index in [1.54, 1.807) is 27.7 Å². The largest absolute Gasteiger partial charge is 0.300 e. The van der Waals surface area contributed by atoms with Gasteiger partial charge in [-0.25, -0.2) is 4.89 Å². The molecule has 3 heteroatoms. The van der Waals surface area contributed by atoms with Gasteiger partial charge in [-0.15, -0.1) is 0 Å². The molecule has 0 unspecified atom stereocenters. The molecule has 0 saturated carbocycles. The van der Waals surface area contributed by atoms with Crippen LogP contribution in [0.2, 0.25) is 0 Å². The van der Waals surface area contributed by atoms with Crippen LogP contribution in [0.25, 0.3) is 0 Å². The molecule has 11 heavy (non-hydrogen) atoms. The lowest BCUT2D eigenvalue weighted by Crippen LogP contribution is -2.15. The zero-order valence-corrected chi connectivity index (χ0v) is 7.97. The SMILES string of the molecule is CC(C)(C)OO.CCC(C)=O. The average Bonchev–Trinajstić information content (AvgIpc) is 1.88. The molecule has 0 aromatic carbocycles. The monoisotopic (exact) mass is 162 g/mol. The zero-order chi connectivity index (χ0) is 9.49. The maximum absolute atomic E-state index is 9.81. The van der Waals surface area contributed by atoms with Crippen molar-refractivity contribution in [2.24, 2.45) is 0 Å². The molecule has 0 aliphatic heterocycles. The van der Waals surface area contributed by atoms with E-state index >= 15 is 0 Å². The zero-order valence-electron chi connectivity index (χ0n) is 7.97. The van der Waals surface area contributed by atoms with E-state index in [-0.39, 0.29) is 5.78 Å². The molecule has 0 aromatic rings. The Labute approximate surface area is 68.3 Å². The van der Waals surface area contributed by atoms with Crippen LogP contribution in [0.1, 0.15) is 41.0 Å². The Bertz CT molecular complexity index is 102. The summed E-state index contributed by atoms with van der Waals surface area (Å²) in [5.74, 6) is 0.255. The van der Waals surface area contributed by atoms with Gasteiger partial charge in [0.25, 0.3) is 0 Å². The highest BCUT2D eigenvalue weighted by Gasteiger charge is 2.06. The molecule has 0 aromatic heterocycles. The van der Waals surface area contributed by atoms with E-state index in [9.17, 15) is 4.79 Å². The van der Waals surface area contributed by atoms with Crippen molar-refractivity contribution in [1.29, 1.82) is 0 Å². The summed E-state index contributed by atoms with van der Waals surface area (Å²) in [5, 5.41) is 7.90. The van der Waals surface area contributed by atoms with E-state index in [0.717, 1.165) is 0 Å². The molecule has 0 aliphatic carbocycles. The van der Waals surface area contributed by atoms with Crippen LogP contribution in [-0.2, 0) is 9.68 Å². The van der Waals surface area contributed by atoms with Crippen LogP contribution in [0.4, 0.5) is 0 Å². The van der Waals surface area contributed by atoms with E-state index in [1.165, 1.54) is 0 Å². The summed E-state index contributed by atoms with van der Waals surface area (Å²) in [7, 11) is 0. The van der Waals surface area contributed by atoms with Crippen LogP contribution in [0.5, 0.6) is 0 Å². The summed E-state index contributed by atoms with van der Waals surface area (Å²) in [6.07, 6.45) is 0.667. The molecule has 1 N–H and O–H groups in total. The third-order valence-electron chi connectivity index (χ3n) is 0.772. The highest BCUT2D eigenvalue weighted by Crippen LogP contribution is 2.01. The number of carbonyl (C=O) groups is 1. The first-order valence-electron chi connectivity index (χ1n) is 3.65. The van der Waals surface area contributed by atoms with Gasteiger partial charge in [0.1, 0.15) is 5.78 Å². The van der Waals surface area contributed by atoms with Gasteiger partial charge in [-0.05, 0) is 27.7 Å². The highest BCUT2D eigenvalue weighted by atomic mass is 17.1. The van der Waals surface area contributed by atoms with Gasteiger partial charge in [0.2, 0.25) is 0 Å². The minimum Gasteiger partial charge on any atom is -0.300 e. The van der Waals surface area contributed by atoms with Crippen LogP contribution >= 0.6 is 0 Å². The number of hydrogen-bond acceptors (Lipinski definition) is 3. The summed E-state index contributed by atoms with van der Waals surface area (Å²) >= 11 is 0. The second-order valence-electron chi connectivity index (χ2n) is 3.26. The first kappa shape index (κ1) is 13.2. The molecule has 0 heterocycles. The van der Waals surface area contributed by atoms with Gasteiger partial charge in [-0.1, -0.05) is 6.92 Å². The molecule has 0 aliphatic rings. The molecule has 68 valence electrons. The van der Waals surface area contributed by atoms with Crippen LogP contribution in [0, 0.1) is 0 Å². The van der Waals surface area contributed by atoms with Crippen molar-refractivity contribution >= 4 is 5.78 Å². The number of hydrogen-bond donors (Lipinski definition) is 1. The van der Waals surface area contributed by atoms with Gasteiger partial charge < -0.3 is 4.79 Å². The Morgan fingerprint density at radius 1 is 1.45 bits per heavy atom. The Hall–Kier alpha value is -0.410. The highest BCUT2D eigenvalue weighted by molar-refractivity contribution is 5.74. The maximum atomic E-state index is 9.81. The summed E-state index contributed by atoms with van der Waals surface area (Å²) in [6.45, 7) is 8.75. The van der Waals surface area contributed by atoms with Crippen molar-refractivity contribution in [2.45, 2.75) is 46.6 Å². The van der Waals surface area contributed by atoms with Crippen molar-refractivity contribution in [3.8, 4) is 0 Å². The third kappa shape index (κ3) is 26.2. The predicted molar refractivity (Wildman–Crippen MR) is 44.4 cm³/mol. The van der Waals surface area contributed by atoms with E-state index in [2.05, 4.69) is 4.89 Å². The number of carbonyl (C=O) groups excluding carboxylic acids is 1. The van der Waals surface area contributed by atoms with Crippen molar-refractivity contribution in [3.63, 3.8) is 0 Å². The standard InChI is InChI=1S/C4H10O2.C4H8O/c1-4(2,3)6-5;1-3-4(2)5/h5H,1-3H3;3H2,1-2H3. The number of ketones is 1. The summed E-state index contributed by atoms with van der Waals surface area (Å²) in [5.41, 5.74) is -0.403. The van der Waals surface area contributed by atoms with Crippen molar-refractivity contribution in [2.75, 3.05) is 0 Å². The summed E-state index contributed by atoms with van der Waals surface area (Å²) < 4.78 is 0. The Morgan fingerprint density at radius 2 is 1.64 bits per heavy atom. The van der Waals surface area contributed by atoms with Crippen LogP contribution in [0.3, 0.4) is 0 Å².